The van der Waals surface area contributed by atoms with Gasteiger partial charge in [0.2, 0.25) is 0 Å². The van der Waals surface area contributed by atoms with E-state index in [0.29, 0.717) is 6.54 Å². The summed E-state index contributed by atoms with van der Waals surface area (Å²) in [5.74, 6) is 0. The number of amides is 2. The van der Waals surface area contributed by atoms with Crippen LogP contribution in [-0.2, 0) is 0 Å². The predicted molar refractivity (Wildman–Crippen MR) is 95.4 cm³/mol. The number of benzene rings is 2. The second-order valence-corrected chi connectivity index (χ2v) is 5.74. The number of hydrogen-bond donors (Lipinski definition) is 4. The molecule has 23 heavy (non-hydrogen) atoms. The van der Waals surface area contributed by atoms with E-state index >= 15 is 0 Å². The lowest BCUT2D eigenvalue weighted by Crippen LogP contribution is -2.53. The fourth-order valence-corrected chi connectivity index (χ4v) is 2.87. The number of aliphatic hydroxyl groups excluding tert-OH is 1. The van der Waals surface area contributed by atoms with E-state index in [1.807, 2.05) is 43.3 Å². The van der Waals surface area contributed by atoms with E-state index in [1.165, 1.54) is 0 Å². The molecule has 0 aliphatic carbocycles. The lowest BCUT2D eigenvalue weighted by atomic mass is 10.0. The first kappa shape index (κ1) is 17.5. The third-order valence-corrected chi connectivity index (χ3v) is 4.14. The smallest absolute Gasteiger partial charge is 0.319 e. The molecule has 1 saturated heterocycles. The van der Waals surface area contributed by atoms with Gasteiger partial charge in [0.1, 0.15) is 0 Å². The molecule has 3 rings (SSSR count). The van der Waals surface area contributed by atoms with Crippen molar-refractivity contribution in [1.82, 2.24) is 10.6 Å². The van der Waals surface area contributed by atoms with Gasteiger partial charge in [-0.25, -0.2) is 4.79 Å². The number of β-amino-alcohol motifs (C(OH)–C–C–N with tert-alkyl or cyclic N) is 1. The van der Waals surface area contributed by atoms with Crippen LogP contribution in [0.2, 0.25) is 0 Å². The van der Waals surface area contributed by atoms with E-state index in [0.717, 1.165) is 35.0 Å². The Balaban J connectivity index is 0.00000192. The Labute approximate surface area is 141 Å². The highest BCUT2D eigenvalue weighted by atomic mass is 35.5. The highest BCUT2D eigenvalue weighted by Crippen LogP contribution is 2.26. The largest absolute Gasteiger partial charge is 0.390 e. The second-order valence-electron chi connectivity index (χ2n) is 5.74. The molecule has 1 aliphatic rings. The summed E-state index contributed by atoms with van der Waals surface area (Å²) in [4.78, 5) is 12.3. The number of carbonyl (C=O) groups is 1. The van der Waals surface area contributed by atoms with Crippen LogP contribution in [0.4, 0.5) is 10.5 Å². The van der Waals surface area contributed by atoms with Gasteiger partial charge < -0.3 is 21.1 Å². The zero-order valence-corrected chi connectivity index (χ0v) is 13.8. The normalized spacial score (nSPS) is 20.6. The first-order chi connectivity index (χ1) is 10.6. The molecular weight excluding hydrogens is 314 g/mol. The maximum atomic E-state index is 12.3. The van der Waals surface area contributed by atoms with E-state index in [1.54, 1.807) is 0 Å². The van der Waals surface area contributed by atoms with Crippen LogP contribution in [0.3, 0.4) is 0 Å². The third-order valence-electron chi connectivity index (χ3n) is 4.14. The number of nitrogens with one attached hydrogen (secondary N) is 3. The average molecular weight is 336 g/mol. The summed E-state index contributed by atoms with van der Waals surface area (Å²) in [5.41, 5.74) is 1.83. The number of piperidine rings is 1. The Kier molecular flexibility index (Phi) is 5.82. The van der Waals surface area contributed by atoms with Crippen molar-refractivity contribution in [2.45, 2.75) is 25.5 Å². The summed E-state index contributed by atoms with van der Waals surface area (Å²) >= 11 is 0. The first-order valence-electron chi connectivity index (χ1n) is 7.60. The molecule has 2 aromatic rings. The van der Waals surface area contributed by atoms with Crippen molar-refractivity contribution in [2.24, 2.45) is 0 Å². The highest BCUT2D eigenvalue weighted by Gasteiger charge is 2.24. The predicted octanol–water partition coefficient (Wildman–Crippen LogP) is 2.41. The number of aliphatic hydroxyl groups is 1. The molecule has 0 saturated carbocycles. The van der Waals surface area contributed by atoms with Crippen LogP contribution in [0.15, 0.2) is 36.4 Å². The van der Waals surface area contributed by atoms with E-state index in [4.69, 9.17) is 0 Å². The molecule has 0 aromatic heterocycles. The Morgan fingerprint density at radius 3 is 2.83 bits per heavy atom. The van der Waals surface area contributed by atoms with E-state index < -0.39 is 6.10 Å². The molecule has 0 radical (unpaired) electrons. The van der Waals surface area contributed by atoms with Gasteiger partial charge in [-0.05, 0) is 30.8 Å². The molecule has 124 valence electrons. The molecule has 2 aromatic carbocycles. The number of rotatable bonds is 2. The van der Waals surface area contributed by atoms with Crippen LogP contribution >= 0.6 is 12.4 Å². The molecule has 2 atom stereocenters. The molecule has 1 aliphatic heterocycles. The van der Waals surface area contributed by atoms with Crippen molar-refractivity contribution in [1.29, 1.82) is 0 Å². The molecule has 4 N–H and O–H groups in total. The standard InChI is InChI=1S/C17H21N3O2.ClH/c1-11-6-7-12-4-2-3-5-13(12)16(11)20-17(22)19-14-8-9-18-10-15(14)21;/h2-7,14-15,18,21H,8-10H2,1H3,(H2,19,20,22);1H/t14-,15-;/m1./s1. The Bertz CT molecular complexity index is 693. The number of fused-ring (bicyclic) bond motifs is 1. The molecule has 6 heteroatoms. The van der Waals surface area contributed by atoms with Crippen molar-refractivity contribution < 1.29 is 9.90 Å². The zero-order valence-electron chi connectivity index (χ0n) is 13.0. The van der Waals surface area contributed by atoms with Crippen molar-refractivity contribution >= 4 is 34.9 Å². The van der Waals surface area contributed by atoms with Gasteiger partial charge in [0, 0.05) is 11.9 Å². The first-order valence-corrected chi connectivity index (χ1v) is 7.60. The Hall–Kier alpha value is -1.82. The zero-order chi connectivity index (χ0) is 15.5. The minimum atomic E-state index is -0.548. The summed E-state index contributed by atoms with van der Waals surface area (Å²) in [6.07, 6.45) is 0.177. The number of urea groups is 1. The second kappa shape index (κ2) is 7.64. The van der Waals surface area contributed by atoms with E-state index in [2.05, 4.69) is 16.0 Å². The lowest BCUT2D eigenvalue weighted by molar-refractivity contribution is 0.107. The molecule has 0 unspecified atom stereocenters. The molecule has 0 bridgehead atoms. The van der Waals surface area contributed by atoms with Crippen molar-refractivity contribution in [3.05, 3.63) is 42.0 Å². The van der Waals surface area contributed by atoms with Gasteiger partial charge >= 0.3 is 6.03 Å². The third kappa shape index (κ3) is 3.93. The van der Waals surface area contributed by atoms with Gasteiger partial charge in [0.25, 0.3) is 0 Å². The summed E-state index contributed by atoms with van der Waals surface area (Å²) in [7, 11) is 0. The Morgan fingerprint density at radius 1 is 1.26 bits per heavy atom. The summed E-state index contributed by atoms with van der Waals surface area (Å²) < 4.78 is 0. The quantitative estimate of drug-likeness (QED) is 0.681. The van der Waals surface area contributed by atoms with E-state index in [-0.39, 0.29) is 24.5 Å². The van der Waals surface area contributed by atoms with Gasteiger partial charge in [-0.1, -0.05) is 36.4 Å². The molecule has 0 spiro atoms. The van der Waals surface area contributed by atoms with Gasteiger partial charge in [-0.2, -0.15) is 0 Å². The minimum Gasteiger partial charge on any atom is -0.390 e. The number of halogens is 1. The van der Waals surface area contributed by atoms with Crippen LogP contribution in [0, 0.1) is 6.92 Å². The fraction of sp³-hybridized carbons (Fsp3) is 0.353. The van der Waals surface area contributed by atoms with Gasteiger partial charge in [0.15, 0.2) is 0 Å². The summed E-state index contributed by atoms with van der Waals surface area (Å²) in [6.45, 7) is 3.29. The van der Waals surface area contributed by atoms with Gasteiger partial charge in [-0.15, -0.1) is 12.4 Å². The maximum absolute atomic E-state index is 12.3. The number of aryl methyl sites for hydroxylation is 1. The lowest BCUT2D eigenvalue weighted by Gasteiger charge is -2.29. The van der Waals surface area contributed by atoms with Crippen LogP contribution in [0.25, 0.3) is 10.8 Å². The van der Waals surface area contributed by atoms with Crippen LogP contribution in [-0.4, -0.2) is 36.4 Å². The molecule has 1 fully saturated rings. The summed E-state index contributed by atoms with van der Waals surface area (Å²) in [6, 6.07) is 11.5. The van der Waals surface area contributed by atoms with Crippen LogP contribution < -0.4 is 16.0 Å². The molecule has 2 amide bonds. The maximum Gasteiger partial charge on any atom is 0.319 e. The monoisotopic (exact) mass is 335 g/mol. The van der Waals surface area contributed by atoms with Crippen molar-refractivity contribution in [3.63, 3.8) is 0 Å². The SMILES string of the molecule is Cc1ccc2ccccc2c1NC(=O)N[C@@H]1CCNC[C@H]1O.Cl. The molecule has 5 nitrogen and oxygen atoms in total. The van der Waals surface area contributed by atoms with Crippen molar-refractivity contribution in [3.8, 4) is 0 Å². The summed E-state index contributed by atoms with van der Waals surface area (Å²) in [5, 5.41) is 20.9. The number of anilines is 1. The number of carbonyl (C=O) groups excluding carboxylic acids is 1. The minimum absolute atomic E-state index is 0. The topological polar surface area (TPSA) is 73.4 Å². The molecule has 1 heterocycles. The highest BCUT2D eigenvalue weighted by molar-refractivity contribution is 6.03. The van der Waals surface area contributed by atoms with Crippen molar-refractivity contribution in [2.75, 3.05) is 18.4 Å². The Morgan fingerprint density at radius 2 is 2.04 bits per heavy atom. The van der Waals surface area contributed by atoms with Crippen LogP contribution in [0.5, 0.6) is 0 Å². The van der Waals surface area contributed by atoms with Gasteiger partial charge in [0.05, 0.1) is 17.8 Å². The molecular formula is C17H22ClN3O2. The van der Waals surface area contributed by atoms with Gasteiger partial charge in [-0.3, -0.25) is 0 Å². The van der Waals surface area contributed by atoms with Crippen LogP contribution in [0.1, 0.15) is 12.0 Å². The number of hydrogen-bond acceptors (Lipinski definition) is 3. The average Bonchev–Trinajstić information content (AvgIpc) is 2.52. The van der Waals surface area contributed by atoms with E-state index in [9.17, 15) is 9.90 Å². The fourth-order valence-electron chi connectivity index (χ4n) is 2.87.